The SMILES string of the molecule is O=c1[nH]c2cc(C(F)(F)F)c(C3CNCCO3)cc2n(CP(=O)(O)O)c1=O. The first-order valence-corrected chi connectivity index (χ1v) is 9.52. The quantitative estimate of drug-likeness (QED) is 0.429. The predicted octanol–water partition coefficient (Wildman–Crippen LogP) is 0.505. The highest BCUT2D eigenvalue weighted by atomic mass is 31.2. The number of aromatic amines is 1. The van der Waals surface area contributed by atoms with Gasteiger partial charge in [0.15, 0.2) is 0 Å². The third kappa shape index (κ3) is 4.14. The molecule has 0 spiro atoms. The molecule has 0 saturated carbocycles. The zero-order valence-electron chi connectivity index (χ0n) is 13.6. The number of alkyl halides is 3. The number of nitrogens with one attached hydrogen (secondary N) is 2. The number of ether oxygens (including phenoxy) is 1. The van der Waals surface area contributed by atoms with Gasteiger partial charge in [-0.25, -0.2) is 0 Å². The Labute approximate surface area is 148 Å². The van der Waals surface area contributed by atoms with Crippen LogP contribution in [0.15, 0.2) is 21.7 Å². The fourth-order valence-electron chi connectivity index (χ4n) is 2.94. The first kappa shape index (κ1) is 19.8. The molecule has 3 rings (SSSR count). The second kappa shape index (κ2) is 6.88. The van der Waals surface area contributed by atoms with Crippen molar-refractivity contribution >= 4 is 18.6 Å². The van der Waals surface area contributed by atoms with Crippen LogP contribution >= 0.6 is 7.60 Å². The summed E-state index contributed by atoms with van der Waals surface area (Å²) >= 11 is 0. The van der Waals surface area contributed by atoms with Gasteiger partial charge in [0.2, 0.25) is 0 Å². The molecule has 27 heavy (non-hydrogen) atoms. The van der Waals surface area contributed by atoms with Crippen LogP contribution in [0.25, 0.3) is 11.0 Å². The minimum absolute atomic E-state index is 0.0840. The van der Waals surface area contributed by atoms with Crippen LogP contribution in [0.1, 0.15) is 17.2 Å². The fraction of sp³-hybridized carbons (Fsp3) is 0.429. The number of hydrogen-bond donors (Lipinski definition) is 4. The molecule has 13 heteroatoms. The first-order valence-electron chi connectivity index (χ1n) is 7.72. The zero-order valence-corrected chi connectivity index (χ0v) is 14.5. The molecule has 0 aliphatic carbocycles. The monoisotopic (exact) mass is 409 g/mol. The summed E-state index contributed by atoms with van der Waals surface area (Å²) in [6.07, 6.45) is -6.89. The lowest BCUT2D eigenvalue weighted by molar-refractivity contribution is -0.139. The molecule has 1 fully saturated rings. The summed E-state index contributed by atoms with van der Waals surface area (Å²) in [6, 6.07) is 1.61. The van der Waals surface area contributed by atoms with Crippen LogP contribution in [-0.2, 0) is 21.8 Å². The number of fused-ring (bicyclic) bond motifs is 1. The molecule has 1 aliphatic rings. The van der Waals surface area contributed by atoms with Crippen LogP contribution in [-0.4, -0.2) is 39.0 Å². The second-order valence-corrected chi connectivity index (χ2v) is 7.62. The minimum atomic E-state index is -4.79. The molecule has 1 atom stereocenters. The lowest BCUT2D eigenvalue weighted by atomic mass is 9.99. The van der Waals surface area contributed by atoms with Crippen molar-refractivity contribution in [3.05, 3.63) is 44.0 Å². The van der Waals surface area contributed by atoms with Gasteiger partial charge in [0, 0.05) is 13.1 Å². The van der Waals surface area contributed by atoms with E-state index in [1.165, 1.54) is 0 Å². The molecular formula is C14H15F3N3O6P. The van der Waals surface area contributed by atoms with E-state index in [-0.39, 0.29) is 29.7 Å². The average Bonchev–Trinajstić information content (AvgIpc) is 2.57. The molecule has 1 aromatic heterocycles. The molecule has 4 N–H and O–H groups in total. The summed E-state index contributed by atoms with van der Waals surface area (Å²) in [5, 5.41) is 2.89. The molecule has 1 aliphatic heterocycles. The van der Waals surface area contributed by atoms with E-state index in [1.807, 2.05) is 4.98 Å². The van der Waals surface area contributed by atoms with Gasteiger partial charge < -0.3 is 24.8 Å². The maximum atomic E-state index is 13.5. The van der Waals surface area contributed by atoms with Gasteiger partial charge in [-0.1, -0.05) is 0 Å². The molecule has 2 aromatic rings. The Kier molecular flexibility index (Phi) is 5.04. The Morgan fingerprint density at radius 1 is 1.30 bits per heavy atom. The number of rotatable bonds is 3. The Bertz CT molecular complexity index is 1040. The molecule has 9 nitrogen and oxygen atoms in total. The van der Waals surface area contributed by atoms with E-state index in [9.17, 15) is 37.1 Å². The average molecular weight is 409 g/mol. The second-order valence-electron chi connectivity index (χ2n) is 6.01. The Morgan fingerprint density at radius 3 is 2.56 bits per heavy atom. The number of morpholine rings is 1. The van der Waals surface area contributed by atoms with Crippen molar-refractivity contribution in [3.8, 4) is 0 Å². The van der Waals surface area contributed by atoms with Gasteiger partial charge in [0.25, 0.3) is 0 Å². The largest absolute Gasteiger partial charge is 0.416 e. The number of H-pyrrole nitrogens is 1. The van der Waals surface area contributed by atoms with E-state index < -0.39 is 42.8 Å². The summed E-state index contributed by atoms with van der Waals surface area (Å²) in [5.41, 5.74) is -4.53. The van der Waals surface area contributed by atoms with E-state index in [2.05, 4.69) is 5.32 Å². The molecule has 0 bridgehead atoms. The molecule has 0 radical (unpaired) electrons. The van der Waals surface area contributed by atoms with Crippen molar-refractivity contribution in [1.82, 2.24) is 14.9 Å². The molecule has 1 aromatic carbocycles. The van der Waals surface area contributed by atoms with Crippen LogP contribution in [0.4, 0.5) is 13.2 Å². The third-order valence-electron chi connectivity index (χ3n) is 4.05. The van der Waals surface area contributed by atoms with E-state index in [0.717, 1.165) is 6.07 Å². The van der Waals surface area contributed by atoms with Crippen LogP contribution < -0.4 is 16.4 Å². The van der Waals surface area contributed by atoms with Gasteiger partial charge in [0.1, 0.15) is 6.29 Å². The van der Waals surface area contributed by atoms with E-state index in [4.69, 9.17) is 4.74 Å². The number of nitrogens with zero attached hydrogens (tertiary/aromatic N) is 1. The van der Waals surface area contributed by atoms with Crippen LogP contribution in [0.3, 0.4) is 0 Å². The minimum Gasteiger partial charge on any atom is -0.371 e. The van der Waals surface area contributed by atoms with Crippen molar-refractivity contribution < 1.29 is 32.3 Å². The maximum absolute atomic E-state index is 13.5. The van der Waals surface area contributed by atoms with Crippen LogP contribution in [0, 0.1) is 0 Å². The Morgan fingerprint density at radius 2 is 2.00 bits per heavy atom. The number of hydrogen-bond acceptors (Lipinski definition) is 5. The van der Waals surface area contributed by atoms with E-state index in [1.54, 1.807) is 0 Å². The van der Waals surface area contributed by atoms with Gasteiger partial charge in [-0.05, 0) is 17.7 Å². The van der Waals surface area contributed by atoms with Crippen LogP contribution in [0.2, 0.25) is 0 Å². The molecule has 1 saturated heterocycles. The zero-order chi connectivity index (χ0) is 20.0. The Hall–Kier alpha value is -1.98. The standard InChI is InChI=1S/C14H15F3N3O6P/c15-14(16,17)8-4-9-10(3-7(8)11-5-18-1-2-26-11)20(6-27(23,24)25)13(22)12(21)19-9/h3-4,11,18H,1-2,5-6H2,(H,19,21)(H2,23,24,25). The van der Waals surface area contributed by atoms with Crippen LogP contribution in [0.5, 0.6) is 0 Å². The fourth-order valence-corrected chi connectivity index (χ4v) is 3.59. The van der Waals surface area contributed by atoms with Gasteiger partial charge >= 0.3 is 24.9 Å². The predicted molar refractivity (Wildman–Crippen MR) is 87.4 cm³/mol. The highest BCUT2D eigenvalue weighted by Gasteiger charge is 2.37. The van der Waals surface area contributed by atoms with E-state index >= 15 is 0 Å². The highest BCUT2D eigenvalue weighted by molar-refractivity contribution is 7.50. The molecular weight excluding hydrogens is 394 g/mol. The van der Waals surface area contributed by atoms with Crippen molar-refractivity contribution in [2.45, 2.75) is 18.6 Å². The smallest absolute Gasteiger partial charge is 0.371 e. The number of benzene rings is 1. The summed E-state index contributed by atoms with van der Waals surface area (Å²) in [4.78, 5) is 44.1. The number of halogens is 3. The maximum Gasteiger partial charge on any atom is 0.416 e. The number of aromatic nitrogens is 2. The molecule has 0 amide bonds. The first-order chi connectivity index (χ1) is 12.5. The summed E-state index contributed by atoms with van der Waals surface area (Å²) in [5.74, 6) is 0. The van der Waals surface area contributed by atoms with Gasteiger partial charge in [-0.2, -0.15) is 13.2 Å². The normalized spacial score (nSPS) is 18.8. The van der Waals surface area contributed by atoms with Crippen molar-refractivity contribution in [2.24, 2.45) is 0 Å². The molecule has 2 heterocycles. The van der Waals surface area contributed by atoms with Crippen molar-refractivity contribution in [3.63, 3.8) is 0 Å². The third-order valence-corrected chi connectivity index (χ3v) is 4.70. The lowest BCUT2D eigenvalue weighted by Crippen LogP contribution is -2.37. The summed E-state index contributed by atoms with van der Waals surface area (Å²) < 4.78 is 57.7. The molecule has 148 valence electrons. The highest BCUT2D eigenvalue weighted by Crippen LogP contribution is 2.40. The Balaban J connectivity index is 2.34. The lowest BCUT2D eigenvalue weighted by Gasteiger charge is -2.27. The van der Waals surface area contributed by atoms with Crippen molar-refractivity contribution in [1.29, 1.82) is 0 Å². The topological polar surface area (TPSA) is 134 Å². The van der Waals surface area contributed by atoms with Crippen molar-refractivity contribution in [2.75, 3.05) is 19.7 Å². The van der Waals surface area contributed by atoms with Gasteiger partial charge in [-0.3, -0.25) is 18.7 Å². The summed E-state index contributed by atoms with van der Waals surface area (Å²) in [6.45, 7) is 0.712. The van der Waals surface area contributed by atoms with Gasteiger partial charge in [-0.15, -0.1) is 0 Å². The molecule has 1 unspecified atom stereocenters. The summed E-state index contributed by atoms with van der Waals surface area (Å²) in [7, 11) is -4.79. The van der Waals surface area contributed by atoms with E-state index in [0.29, 0.717) is 17.2 Å². The van der Waals surface area contributed by atoms with Gasteiger partial charge in [0.05, 0.1) is 29.3 Å².